The largest absolute Gasteiger partial charge is 0.484 e. The molecular weight excluding hydrogens is 328 g/mol. The molecule has 0 spiro atoms. The van der Waals surface area contributed by atoms with Crippen LogP contribution in [0.5, 0.6) is 5.75 Å². The second-order valence-electron chi connectivity index (χ2n) is 7.37. The lowest BCUT2D eigenvalue weighted by Crippen LogP contribution is -2.45. The fourth-order valence-corrected chi connectivity index (χ4v) is 3.29. The lowest BCUT2D eigenvalue weighted by molar-refractivity contribution is -0.123. The summed E-state index contributed by atoms with van der Waals surface area (Å²) in [4.78, 5) is 18.5. The molecule has 26 heavy (non-hydrogen) atoms. The van der Waals surface area contributed by atoms with E-state index in [0.717, 1.165) is 43.2 Å². The maximum atomic E-state index is 11.7. The van der Waals surface area contributed by atoms with Crippen LogP contribution in [0, 0.1) is 5.92 Å². The monoisotopic (exact) mass is 358 g/mol. The molecule has 1 aliphatic heterocycles. The SMILES string of the molecule is CN=C(NCc1cccc(OCC(=O)NC2CC2)c1)N1CCCC(C)C1. The third-order valence-electron chi connectivity index (χ3n) is 4.83. The number of benzene rings is 1. The van der Waals surface area contributed by atoms with Crippen molar-refractivity contribution in [1.29, 1.82) is 0 Å². The van der Waals surface area contributed by atoms with Gasteiger partial charge in [-0.2, -0.15) is 0 Å². The van der Waals surface area contributed by atoms with Gasteiger partial charge in [0.15, 0.2) is 12.6 Å². The van der Waals surface area contributed by atoms with Gasteiger partial charge in [-0.3, -0.25) is 9.79 Å². The van der Waals surface area contributed by atoms with Crippen molar-refractivity contribution in [1.82, 2.24) is 15.5 Å². The van der Waals surface area contributed by atoms with Gasteiger partial charge in [-0.1, -0.05) is 19.1 Å². The minimum atomic E-state index is -0.0457. The number of carbonyl (C=O) groups is 1. The van der Waals surface area contributed by atoms with Crippen molar-refractivity contribution in [2.24, 2.45) is 10.9 Å². The number of carbonyl (C=O) groups excluding carboxylic acids is 1. The molecule has 1 saturated heterocycles. The Balaban J connectivity index is 1.48. The highest BCUT2D eigenvalue weighted by atomic mass is 16.5. The third kappa shape index (κ3) is 5.64. The smallest absolute Gasteiger partial charge is 0.258 e. The minimum Gasteiger partial charge on any atom is -0.484 e. The molecule has 2 N–H and O–H groups in total. The zero-order valence-electron chi connectivity index (χ0n) is 15.8. The highest BCUT2D eigenvalue weighted by Crippen LogP contribution is 2.19. The molecule has 1 aromatic rings. The fraction of sp³-hybridized carbons (Fsp3) is 0.600. The Bertz CT molecular complexity index is 642. The summed E-state index contributed by atoms with van der Waals surface area (Å²) in [6, 6.07) is 8.23. The van der Waals surface area contributed by atoms with E-state index >= 15 is 0 Å². The predicted molar refractivity (Wildman–Crippen MR) is 103 cm³/mol. The molecule has 2 aliphatic rings. The van der Waals surface area contributed by atoms with E-state index in [2.05, 4.69) is 33.5 Å². The molecule has 0 radical (unpaired) electrons. The van der Waals surface area contributed by atoms with E-state index < -0.39 is 0 Å². The summed E-state index contributed by atoms with van der Waals surface area (Å²) in [6.45, 7) is 5.16. The number of guanidine groups is 1. The number of hydrogen-bond acceptors (Lipinski definition) is 3. The molecule has 2 fully saturated rings. The number of nitrogens with one attached hydrogen (secondary N) is 2. The van der Waals surface area contributed by atoms with Crippen LogP contribution in [0.25, 0.3) is 0 Å². The van der Waals surface area contributed by atoms with Crippen LogP contribution in [0.1, 0.15) is 38.2 Å². The van der Waals surface area contributed by atoms with Crippen molar-refractivity contribution in [3.8, 4) is 5.75 Å². The van der Waals surface area contributed by atoms with Crippen LogP contribution in [0.2, 0.25) is 0 Å². The Kier molecular flexibility index (Phi) is 6.36. The van der Waals surface area contributed by atoms with Crippen LogP contribution in [-0.2, 0) is 11.3 Å². The lowest BCUT2D eigenvalue weighted by atomic mass is 10.0. The van der Waals surface area contributed by atoms with Crippen LogP contribution < -0.4 is 15.4 Å². The van der Waals surface area contributed by atoms with Crippen LogP contribution in [0.4, 0.5) is 0 Å². The maximum absolute atomic E-state index is 11.7. The van der Waals surface area contributed by atoms with Gasteiger partial charge in [-0.15, -0.1) is 0 Å². The van der Waals surface area contributed by atoms with E-state index in [1.165, 1.54) is 12.8 Å². The van der Waals surface area contributed by atoms with Gasteiger partial charge in [0.05, 0.1) is 0 Å². The summed E-state index contributed by atoms with van der Waals surface area (Å²) in [6.07, 6.45) is 4.68. The highest BCUT2D eigenvalue weighted by molar-refractivity contribution is 5.80. The number of nitrogens with zero attached hydrogens (tertiary/aromatic N) is 2. The second-order valence-corrected chi connectivity index (χ2v) is 7.37. The zero-order valence-corrected chi connectivity index (χ0v) is 15.8. The Labute approximate surface area is 156 Å². The summed E-state index contributed by atoms with van der Waals surface area (Å²) in [5, 5.41) is 6.37. The van der Waals surface area contributed by atoms with Gasteiger partial charge in [-0.25, -0.2) is 0 Å². The number of ether oxygens (including phenoxy) is 1. The van der Waals surface area contributed by atoms with Gasteiger partial charge in [0.2, 0.25) is 0 Å². The molecule has 6 nitrogen and oxygen atoms in total. The molecule has 0 bridgehead atoms. The number of piperidine rings is 1. The van der Waals surface area contributed by atoms with Gasteiger partial charge in [0.1, 0.15) is 5.75 Å². The minimum absolute atomic E-state index is 0.0457. The Morgan fingerprint density at radius 1 is 1.35 bits per heavy atom. The molecule has 1 aromatic carbocycles. The molecule has 1 unspecified atom stereocenters. The van der Waals surface area contributed by atoms with Gasteiger partial charge >= 0.3 is 0 Å². The van der Waals surface area contributed by atoms with Crippen molar-refractivity contribution in [3.05, 3.63) is 29.8 Å². The second kappa shape index (κ2) is 8.92. The molecule has 6 heteroatoms. The Hall–Kier alpha value is -2.24. The standard InChI is InChI=1S/C20H30N4O2/c1-15-5-4-10-24(13-15)20(21-2)22-12-16-6-3-7-18(11-16)26-14-19(25)23-17-8-9-17/h3,6-7,11,15,17H,4-5,8-10,12-14H2,1-2H3,(H,21,22)(H,23,25). The molecule has 1 aliphatic carbocycles. The summed E-state index contributed by atoms with van der Waals surface area (Å²) >= 11 is 0. The molecule has 142 valence electrons. The quantitative estimate of drug-likeness (QED) is 0.604. The number of aliphatic imine (C=N–C) groups is 1. The van der Waals surface area contributed by atoms with Crippen molar-refractivity contribution in [3.63, 3.8) is 0 Å². The number of hydrogen-bond donors (Lipinski definition) is 2. The molecule has 1 amide bonds. The summed E-state index contributed by atoms with van der Waals surface area (Å²) in [5.74, 6) is 2.33. The normalized spacial score (nSPS) is 20.6. The number of rotatable bonds is 6. The van der Waals surface area contributed by atoms with Crippen LogP contribution in [0.15, 0.2) is 29.3 Å². The van der Waals surface area contributed by atoms with Gasteiger partial charge < -0.3 is 20.3 Å². The average molecular weight is 358 g/mol. The summed E-state index contributed by atoms with van der Waals surface area (Å²) in [7, 11) is 1.83. The molecule has 1 atom stereocenters. The molecule has 1 heterocycles. The summed E-state index contributed by atoms with van der Waals surface area (Å²) < 4.78 is 5.62. The average Bonchev–Trinajstić information content (AvgIpc) is 3.45. The van der Waals surface area contributed by atoms with Gasteiger partial charge in [0.25, 0.3) is 5.91 Å². The highest BCUT2D eigenvalue weighted by Gasteiger charge is 2.23. The lowest BCUT2D eigenvalue weighted by Gasteiger charge is -2.33. The Morgan fingerprint density at radius 2 is 2.19 bits per heavy atom. The first kappa shape index (κ1) is 18.5. The van der Waals surface area contributed by atoms with E-state index in [4.69, 9.17) is 4.74 Å². The number of likely N-dealkylation sites (tertiary alicyclic amines) is 1. The maximum Gasteiger partial charge on any atom is 0.258 e. The first-order chi connectivity index (χ1) is 12.6. The third-order valence-corrected chi connectivity index (χ3v) is 4.83. The molecular formula is C20H30N4O2. The van der Waals surface area contributed by atoms with Crippen molar-refractivity contribution >= 4 is 11.9 Å². The molecule has 0 aromatic heterocycles. The van der Waals surface area contributed by atoms with E-state index in [1.807, 2.05) is 25.2 Å². The van der Waals surface area contributed by atoms with Crippen molar-refractivity contribution in [2.45, 2.75) is 45.2 Å². The van der Waals surface area contributed by atoms with E-state index in [0.29, 0.717) is 18.5 Å². The van der Waals surface area contributed by atoms with E-state index in [-0.39, 0.29) is 12.5 Å². The fourth-order valence-electron chi connectivity index (χ4n) is 3.29. The van der Waals surface area contributed by atoms with E-state index in [9.17, 15) is 4.79 Å². The zero-order chi connectivity index (χ0) is 18.4. The van der Waals surface area contributed by atoms with Crippen LogP contribution in [-0.4, -0.2) is 49.6 Å². The van der Waals surface area contributed by atoms with Crippen LogP contribution >= 0.6 is 0 Å². The molecule has 3 rings (SSSR count). The molecule has 1 saturated carbocycles. The van der Waals surface area contributed by atoms with Gasteiger partial charge in [0, 0.05) is 32.7 Å². The van der Waals surface area contributed by atoms with E-state index in [1.54, 1.807) is 0 Å². The van der Waals surface area contributed by atoms with Crippen molar-refractivity contribution in [2.75, 3.05) is 26.7 Å². The van der Waals surface area contributed by atoms with Crippen LogP contribution in [0.3, 0.4) is 0 Å². The van der Waals surface area contributed by atoms with Crippen molar-refractivity contribution < 1.29 is 9.53 Å². The van der Waals surface area contributed by atoms with Gasteiger partial charge in [-0.05, 0) is 49.3 Å². The first-order valence-corrected chi connectivity index (χ1v) is 9.60. The number of amides is 1. The first-order valence-electron chi connectivity index (χ1n) is 9.60. The Morgan fingerprint density at radius 3 is 2.92 bits per heavy atom. The summed E-state index contributed by atoms with van der Waals surface area (Å²) in [5.41, 5.74) is 1.11. The topological polar surface area (TPSA) is 66.0 Å². The predicted octanol–water partition coefficient (Wildman–Crippen LogP) is 2.15.